The van der Waals surface area contributed by atoms with Crippen LogP contribution in [0.2, 0.25) is 0 Å². The minimum absolute atomic E-state index is 0.267. The topological polar surface area (TPSA) is 35.9 Å². The van der Waals surface area contributed by atoms with Crippen molar-refractivity contribution < 1.29 is 9.84 Å². The van der Waals surface area contributed by atoms with Gasteiger partial charge in [-0.05, 0) is 64.2 Å². The fourth-order valence-electron chi connectivity index (χ4n) is 6.93. The second kappa shape index (κ2) is 35.6. The quantitative estimate of drug-likeness (QED) is 0.0543. The van der Waals surface area contributed by atoms with E-state index in [1.807, 2.05) is 0 Å². The first-order valence-electron chi connectivity index (χ1n) is 20.8. The Hall–Kier alpha value is -0.680. The third-order valence-corrected chi connectivity index (χ3v) is 9.95. The summed E-state index contributed by atoms with van der Waals surface area (Å²) >= 11 is 0. The number of rotatable bonds is 36. The van der Waals surface area contributed by atoms with Crippen molar-refractivity contribution in [3.05, 3.63) is 24.3 Å². The second-order valence-electron chi connectivity index (χ2n) is 14.2. The average Bonchev–Trinajstić information content (AvgIpc) is 3.44. The van der Waals surface area contributed by atoms with E-state index in [-0.39, 0.29) is 6.61 Å². The Labute approximate surface area is 289 Å². The molecule has 4 heteroatoms. The minimum atomic E-state index is 0.267. The Morgan fingerprint density at radius 2 is 0.870 bits per heavy atom. The van der Waals surface area contributed by atoms with Crippen LogP contribution in [-0.2, 0) is 4.74 Å². The molecule has 0 aromatic heterocycles. The molecular formula is C42H82N2O2. The van der Waals surface area contributed by atoms with Gasteiger partial charge in [-0.2, -0.15) is 0 Å². The van der Waals surface area contributed by atoms with Crippen LogP contribution >= 0.6 is 0 Å². The molecule has 4 nitrogen and oxygen atoms in total. The van der Waals surface area contributed by atoms with E-state index in [4.69, 9.17) is 4.74 Å². The number of unbranched alkanes of at least 4 members (excludes halogenated alkanes) is 23. The molecule has 272 valence electrons. The molecule has 1 atom stereocenters. The fraction of sp³-hybridized carbons (Fsp3) is 0.905. The molecule has 1 aliphatic heterocycles. The molecule has 0 radical (unpaired) electrons. The summed E-state index contributed by atoms with van der Waals surface area (Å²) in [4.78, 5) is 5.12. The van der Waals surface area contributed by atoms with Gasteiger partial charge in [0.1, 0.15) is 0 Å². The summed E-state index contributed by atoms with van der Waals surface area (Å²) in [5.74, 6) is 0. The van der Waals surface area contributed by atoms with Crippen molar-refractivity contribution in [2.24, 2.45) is 0 Å². The zero-order valence-electron chi connectivity index (χ0n) is 31.4. The standard InChI is InChI=1S/C42H82N2O2/c1-3-5-7-9-11-13-15-17-19-21-23-25-27-29-31-33-40-46-41-38-44-36-35-43(37-39-45)42(44)34-32-30-28-26-24-22-20-18-16-14-12-10-8-6-4-2/h17-20,42,45H,3-16,21-41H2,1-2H3/b19-17-,20-18-. The van der Waals surface area contributed by atoms with E-state index in [1.165, 1.54) is 180 Å². The van der Waals surface area contributed by atoms with E-state index >= 15 is 0 Å². The van der Waals surface area contributed by atoms with Crippen LogP contribution in [0.1, 0.15) is 194 Å². The van der Waals surface area contributed by atoms with Gasteiger partial charge in [0.05, 0.1) is 19.4 Å². The molecular weight excluding hydrogens is 564 g/mol. The summed E-state index contributed by atoms with van der Waals surface area (Å²) in [6.07, 6.45) is 47.9. The van der Waals surface area contributed by atoms with Gasteiger partial charge in [0.2, 0.25) is 0 Å². The Bertz CT molecular complexity index is 652. The lowest BCUT2D eigenvalue weighted by Gasteiger charge is -2.30. The van der Waals surface area contributed by atoms with Crippen LogP contribution in [0.15, 0.2) is 24.3 Å². The molecule has 46 heavy (non-hydrogen) atoms. The highest BCUT2D eigenvalue weighted by molar-refractivity contribution is 4.83. The summed E-state index contributed by atoms with van der Waals surface area (Å²) in [6.45, 7) is 10.7. The molecule has 0 spiro atoms. The molecule has 0 aromatic carbocycles. The largest absolute Gasteiger partial charge is 0.395 e. The van der Waals surface area contributed by atoms with E-state index in [2.05, 4.69) is 48.0 Å². The number of aliphatic hydroxyl groups excluding tert-OH is 1. The van der Waals surface area contributed by atoms with Gasteiger partial charge in [-0.15, -0.1) is 0 Å². The van der Waals surface area contributed by atoms with Gasteiger partial charge < -0.3 is 9.84 Å². The van der Waals surface area contributed by atoms with Crippen molar-refractivity contribution in [3.8, 4) is 0 Å². The first-order chi connectivity index (χ1) is 22.8. The van der Waals surface area contributed by atoms with Gasteiger partial charge in [-0.25, -0.2) is 0 Å². The van der Waals surface area contributed by atoms with Crippen LogP contribution in [0.3, 0.4) is 0 Å². The molecule has 1 fully saturated rings. The van der Waals surface area contributed by atoms with E-state index in [0.29, 0.717) is 6.17 Å². The van der Waals surface area contributed by atoms with Crippen molar-refractivity contribution >= 4 is 0 Å². The predicted molar refractivity (Wildman–Crippen MR) is 204 cm³/mol. The van der Waals surface area contributed by atoms with Crippen LogP contribution in [0, 0.1) is 0 Å². The maximum Gasteiger partial charge on any atom is 0.0624 e. The first-order valence-corrected chi connectivity index (χ1v) is 20.8. The smallest absolute Gasteiger partial charge is 0.0624 e. The molecule has 0 aliphatic carbocycles. The molecule has 1 aliphatic rings. The Kier molecular flexibility index (Phi) is 33.6. The van der Waals surface area contributed by atoms with Crippen LogP contribution in [0.4, 0.5) is 0 Å². The molecule has 1 saturated heterocycles. The van der Waals surface area contributed by atoms with Gasteiger partial charge in [-0.1, -0.05) is 154 Å². The fourth-order valence-corrected chi connectivity index (χ4v) is 6.93. The van der Waals surface area contributed by atoms with Crippen molar-refractivity contribution in [1.82, 2.24) is 9.80 Å². The molecule has 1 N–H and O–H groups in total. The number of hydrogen-bond acceptors (Lipinski definition) is 4. The van der Waals surface area contributed by atoms with Crippen molar-refractivity contribution in [3.63, 3.8) is 0 Å². The molecule has 1 heterocycles. The zero-order valence-corrected chi connectivity index (χ0v) is 31.4. The highest BCUT2D eigenvalue weighted by atomic mass is 16.5. The highest BCUT2D eigenvalue weighted by Crippen LogP contribution is 2.21. The van der Waals surface area contributed by atoms with E-state index in [1.54, 1.807) is 0 Å². The van der Waals surface area contributed by atoms with Crippen molar-refractivity contribution in [1.29, 1.82) is 0 Å². The molecule has 0 aromatic rings. The summed E-state index contributed by atoms with van der Waals surface area (Å²) < 4.78 is 6.07. The monoisotopic (exact) mass is 647 g/mol. The highest BCUT2D eigenvalue weighted by Gasteiger charge is 2.30. The Morgan fingerprint density at radius 3 is 1.33 bits per heavy atom. The van der Waals surface area contributed by atoms with Crippen LogP contribution in [0.25, 0.3) is 0 Å². The molecule has 0 bridgehead atoms. The molecule has 0 saturated carbocycles. The normalized spacial score (nSPS) is 16.2. The number of aliphatic hydroxyl groups is 1. The molecule has 1 rings (SSSR count). The SMILES string of the molecule is CCCCCCCC/C=C\CCCCCCCCOCCN1CCN(CCO)C1CCCCCCC/C=C\CCCCCCCC. The van der Waals surface area contributed by atoms with Gasteiger partial charge in [0, 0.05) is 32.8 Å². The first kappa shape index (κ1) is 43.3. The Morgan fingerprint density at radius 1 is 0.478 bits per heavy atom. The van der Waals surface area contributed by atoms with Crippen LogP contribution in [-0.4, -0.2) is 67.1 Å². The minimum Gasteiger partial charge on any atom is -0.395 e. The number of β-amino-alcohol motifs (C(OH)–C–C–N with tert-alkyl or cyclic N) is 1. The van der Waals surface area contributed by atoms with Crippen molar-refractivity contribution in [2.75, 3.05) is 46.0 Å². The van der Waals surface area contributed by atoms with Gasteiger partial charge >= 0.3 is 0 Å². The number of ether oxygens (including phenoxy) is 1. The Balaban J connectivity index is 1.97. The molecule has 0 amide bonds. The third-order valence-electron chi connectivity index (χ3n) is 9.95. The lowest BCUT2D eigenvalue weighted by Crippen LogP contribution is -2.41. The van der Waals surface area contributed by atoms with Crippen LogP contribution < -0.4 is 0 Å². The van der Waals surface area contributed by atoms with E-state index in [9.17, 15) is 5.11 Å². The predicted octanol–water partition coefficient (Wildman–Crippen LogP) is 12.0. The lowest BCUT2D eigenvalue weighted by molar-refractivity contribution is 0.0634. The number of hydrogen-bond donors (Lipinski definition) is 1. The summed E-state index contributed by atoms with van der Waals surface area (Å²) in [5, 5.41) is 9.59. The van der Waals surface area contributed by atoms with Gasteiger partial charge in [-0.3, -0.25) is 9.80 Å². The summed E-state index contributed by atoms with van der Waals surface area (Å²) in [7, 11) is 0. The lowest BCUT2D eigenvalue weighted by atomic mass is 10.1. The second-order valence-corrected chi connectivity index (χ2v) is 14.2. The summed E-state index contributed by atoms with van der Waals surface area (Å²) in [5.41, 5.74) is 0. The van der Waals surface area contributed by atoms with Gasteiger partial charge in [0.15, 0.2) is 0 Å². The van der Waals surface area contributed by atoms with Crippen molar-refractivity contribution in [2.45, 2.75) is 200 Å². The maximum atomic E-state index is 9.59. The summed E-state index contributed by atoms with van der Waals surface area (Å²) in [6, 6.07) is 0. The van der Waals surface area contributed by atoms with E-state index in [0.717, 1.165) is 39.4 Å². The number of nitrogens with zero attached hydrogens (tertiary/aromatic N) is 2. The average molecular weight is 647 g/mol. The van der Waals surface area contributed by atoms with E-state index < -0.39 is 0 Å². The maximum absolute atomic E-state index is 9.59. The zero-order chi connectivity index (χ0) is 33.0. The van der Waals surface area contributed by atoms with Crippen LogP contribution in [0.5, 0.6) is 0 Å². The third kappa shape index (κ3) is 27.3. The number of allylic oxidation sites excluding steroid dienone is 4. The molecule has 1 unspecified atom stereocenters. The van der Waals surface area contributed by atoms with Gasteiger partial charge in [0.25, 0.3) is 0 Å².